The van der Waals surface area contributed by atoms with Gasteiger partial charge in [0, 0.05) is 17.5 Å². The molecule has 156 valence electrons. The zero-order chi connectivity index (χ0) is 21.3. The monoisotopic (exact) mass is 406 g/mol. The fourth-order valence-electron chi connectivity index (χ4n) is 3.46. The minimum Gasteiger partial charge on any atom is -0.491 e. The second-order valence-electron chi connectivity index (χ2n) is 8.00. The molecule has 1 saturated carbocycles. The van der Waals surface area contributed by atoms with Crippen molar-refractivity contribution in [2.75, 3.05) is 5.32 Å². The molecule has 0 saturated heterocycles. The first-order chi connectivity index (χ1) is 14.4. The maximum atomic E-state index is 12.6. The van der Waals surface area contributed by atoms with Crippen molar-refractivity contribution in [3.05, 3.63) is 54.4 Å². The maximum absolute atomic E-state index is 12.6. The van der Waals surface area contributed by atoms with Crippen LogP contribution in [-0.2, 0) is 9.59 Å². The number of H-pyrrole nitrogens is 1. The van der Waals surface area contributed by atoms with Gasteiger partial charge in [-0.25, -0.2) is 4.98 Å². The number of para-hydroxylation sites is 2. The molecule has 0 radical (unpaired) electrons. The first-order valence-electron chi connectivity index (χ1n) is 10.2. The third-order valence-electron chi connectivity index (χ3n) is 5.13. The summed E-state index contributed by atoms with van der Waals surface area (Å²) in [4.78, 5) is 32.9. The summed E-state index contributed by atoms with van der Waals surface area (Å²) in [5, 5.41) is 5.64. The van der Waals surface area contributed by atoms with Gasteiger partial charge in [0.15, 0.2) is 0 Å². The third-order valence-corrected chi connectivity index (χ3v) is 5.13. The Labute approximate surface area is 175 Å². The van der Waals surface area contributed by atoms with Crippen molar-refractivity contribution in [3.63, 3.8) is 0 Å². The van der Waals surface area contributed by atoms with Gasteiger partial charge in [0.1, 0.15) is 17.6 Å². The number of carbonyl (C=O) groups is 2. The van der Waals surface area contributed by atoms with Crippen LogP contribution in [0.25, 0.3) is 11.0 Å². The van der Waals surface area contributed by atoms with Crippen LogP contribution in [0.4, 0.5) is 5.69 Å². The number of amides is 2. The van der Waals surface area contributed by atoms with Crippen LogP contribution in [0.1, 0.15) is 38.9 Å². The van der Waals surface area contributed by atoms with Crippen molar-refractivity contribution in [1.29, 1.82) is 0 Å². The molecule has 3 atom stereocenters. The molecule has 30 heavy (non-hydrogen) atoms. The summed E-state index contributed by atoms with van der Waals surface area (Å²) in [5.41, 5.74) is 2.52. The lowest BCUT2D eigenvalue weighted by atomic mass is 10.2. The van der Waals surface area contributed by atoms with Crippen LogP contribution >= 0.6 is 0 Å². The zero-order valence-corrected chi connectivity index (χ0v) is 17.3. The summed E-state index contributed by atoms with van der Waals surface area (Å²) in [7, 11) is 0. The number of imidazole rings is 1. The van der Waals surface area contributed by atoms with Crippen molar-refractivity contribution in [2.45, 2.75) is 45.3 Å². The van der Waals surface area contributed by atoms with Crippen molar-refractivity contribution in [1.82, 2.24) is 15.3 Å². The number of aromatic amines is 1. The number of aromatic nitrogens is 2. The molecule has 1 aliphatic rings. The van der Waals surface area contributed by atoms with Crippen molar-refractivity contribution in [3.8, 4) is 5.75 Å². The molecule has 3 aromatic rings. The molecule has 3 unspecified atom stereocenters. The molecule has 4 rings (SSSR count). The normalized spacial score (nSPS) is 18.8. The van der Waals surface area contributed by atoms with E-state index in [0.717, 1.165) is 29.0 Å². The second kappa shape index (κ2) is 8.18. The summed E-state index contributed by atoms with van der Waals surface area (Å²) in [5.74, 6) is 1.10. The lowest BCUT2D eigenvalue weighted by Gasteiger charge is -2.15. The number of benzene rings is 2. The number of carbonyl (C=O) groups excluding carboxylic acids is 2. The fraction of sp³-hybridized carbons (Fsp3) is 0.348. The quantitative estimate of drug-likeness (QED) is 0.559. The Morgan fingerprint density at radius 2 is 1.83 bits per heavy atom. The minimum atomic E-state index is -0.638. The van der Waals surface area contributed by atoms with Crippen LogP contribution in [0.3, 0.4) is 0 Å². The Hall–Kier alpha value is -3.35. The molecular weight excluding hydrogens is 380 g/mol. The molecular formula is C23H26N4O3. The van der Waals surface area contributed by atoms with E-state index in [1.54, 1.807) is 31.2 Å². The van der Waals surface area contributed by atoms with E-state index in [9.17, 15) is 9.59 Å². The van der Waals surface area contributed by atoms with Crippen LogP contribution in [0.15, 0.2) is 48.5 Å². The number of hydrogen-bond acceptors (Lipinski definition) is 4. The highest BCUT2D eigenvalue weighted by Gasteiger charge is 2.46. The average molecular weight is 406 g/mol. The van der Waals surface area contributed by atoms with E-state index in [4.69, 9.17) is 4.74 Å². The van der Waals surface area contributed by atoms with Gasteiger partial charge in [-0.1, -0.05) is 12.1 Å². The standard InChI is InChI=1S/C23H26N4O3/c1-13(2)30-16-10-8-15(9-11-16)25-22(28)14(3)24-23(29)18-12-17(18)21-26-19-6-4-5-7-20(19)27-21/h4-11,13-14,17-18H,12H2,1-3H3,(H,24,29)(H,25,28)(H,26,27). The topological polar surface area (TPSA) is 96.1 Å². The Morgan fingerprint density at radius 1 is 1.10 bits per heavy atom. The molecule has 1 heterocycles. The van der Waals surface area contributed by atoms with Gasteiger partial charge in [0.05, 0.1) is 17.1 Å². The summed E-state index contributed by atoms with van der Waals surface area (Å²) in [6.07, 6.45) is 0.823. The third kappa shape index (κ3) is 4.45. The molecule has 0 spiro atoms. The van der Waals surface area contributed by atoms with Gasteiger partial charge in [0.2, 0.25) is 11.8 Å². The van der Waals surface area contributed by atoms with Crippen molar-refractivity contribution in [2.24, 2.45) is 5.92 Å². The molecule has 0 bridgehead atoms. The fourth-order valence-corrected chi connectivity index (χ4v) is 3.46. The van der Waals surface area contributed by atoms with Crippen molar-refractivity contribution < 1.29 is 14.3 Å². The van der Waals surface area contributed by atoms with Gasteiger partial charge in [0.25, 0.3) is 0 Å². The number of rotatable bonds is 7. The average Bonchev–Trinajstić information content (AvgIpc) is 3.40. The predicted octanol–water partition coefficient (Wildman–Crippen LogP) is 3.60. The Kier molecular flexibility index (Phi) is 5.44. The highest BCUT2D eigenvalue weighted by Crippen LogP contribution is 2.46. The molecule has 2 amide bonds. The van der Waals surface area contributed by atoms with E-state index >= 15 is 0 Å². The smallest absolute Gasteiger partial charge is 0.246 e. The van der Waals surface area contributed by atoms with Crippen LogP contribution in [0, 0.1) is 5.92 Å². The van der Waals surface area contributed by atoms with Gasteiger partial charge in [-0.3, -0.25) is 9.59 Å². The Bertz CT molecular complexity index is 1020. The number of hydrogen-bond donors (Lipinski definition) is 3. The van der Waals surface area contributed by atoms with Gasteiger partial charge >= 0.3 is 0 Å². The van der Waals surface area contributed by atoms with Crippen LogP contribution in [0.2, 0.25) is 0 Å². The van der Waals surface area contributed by atoms with E-state index in [1.807, 2.05) is 38.1 Å². The number of anilines is 1. The second-order valence-corrected chi connectivity index (χ2v) is 8.00. The molecule has 0 aliphatic heterocycles. The van der Waals surface area contributed by atoms with E-state index in [0.29, 0.717) is 5.69 Å². The molecule has 3 N–H and O–H groups in total. The summed E-state index contributed by atoms with van der Waals surface area (Å²) >= 11 is 0. The highest BCUT2D eigenvalue weighted by atomic mass is 16.5. The number of nitrogens with one attached hydrogen (secondary N) is 3. The van der Waals surface area contributed by atoms with Gasteiger partial charge in [-0.05, 0) is 63.6 Å². The van der Waals surface area contributed by atoms with Crippen LogP contribution in [-0.4, -0.2) is 33.9 Å². The lowest BCUT2D eigenvalue weighted by molar-refractivity contribution is -0.127. The van der Waals surface area contributed by atoms with Gasteiger partial charge in [-0.2, -0.15) is 0 Å². The highest BCUT2D eigenvalue weighted by molar-refractivity contribution is 5.97. The molecule has 7 nitrogen and oxygen atoms in total. The van der Waals surface area contributed by atoms with Gasteiger partial charge in [-0.15, -0.1) is 0 Å². The summed E-state index contributed by atoms with van der Waals surface area (Å²) in [6, 6.07) is 14.3. The molecule has 1 aromatic heterocycles. The lowest BCUT2D eigenvalue weighted by Crippen LogP contribution is -2.42. The largest absolute Gasteiger partial charge is 0.491 e. The zero-order valence-electron chi connectivity index (χ0n) is 17.3. The van der Waals surface area contributed by atoms with E-state index in [1.165, 1.54) is 0 Å². The Balaban J connectivity index is 1.29. The van der Waals surface area contributed by atoms with Gasteiger partial charge < -0.3 is 20.4 Å². The van der Waals surface area contributed by atoms with Crippen LogP contribution < -0.4 is 15.4 Å². The number of nitrogens with zero attached hydrogens (tertiary/aromatic N) is 1. The first kappa shape index (κ1) is 19.9. The molecule has 2 aromatic carbocycles. The summed E-state index contributed by atoms with van der Waals surface area (Å²) < 4.78 is 5.60. The molecule has 1 fully saturated rings. The van der Waals surface area contributed by atoms with Crippen molar-refractivity contribution >= 4 is 28.5 Å². The molecule has 7 heteroatoms. The first-order valence-corrected chi connectivity index (χ1v) is 10.2. The Morgan fingerprint density at radius 3 is 2.53 bits per heavy atom. The minimum absolute atomic E-state index is 0.0705. The maximum Gasteiger partial charge on any atom is 0.246 e. The predicted molar refractivity (Wildman–Crippen MR) is 115 cm³/mol. The molecule has 1 aliphatic carbocycles. The van der Waals surface area contributed by atoms with Crippen LogP contribution in [0.5, 0.6) is 5.75 Å². The number of fused-ring (bicyclic) bond motifs is 1. The SMILES string of the molecule is CC(C)Oc1ccc(NC(=O)C(C)NC(=O)C2CC2c2nc3ccccc3[nH]2)cc1. The van der Waals surface area contributed by atoms with E-state index in [2.05, 4.69) is 20.6 Å². The van der Waals surface area contributed by atoms with E-state index < -0.39 is 6.04 Å². The number of ether oxygens (including phenoxy) is 1. The van der Waals surface area contributed by atoms with E-state index in [-0.39, 0.29) is 29.8 Å². The summed E-state index contributed by atoms with van der Waals surface area (Å²) in [6.45, 7) is 5.60.